The van der Waals surface area contributed by atoms with Gasteiger partial charge in [0.05, 0.1) is 5.54 Å². The molecule has 0 aromatic carbocycles. The molecular formula is C10H16N2O2S. The van der Waals surface area contributed by atoms with E-state index in [9.17, 15) is 9.59 Å². The molecule has 2 amide bonds. The Hall–Kier alpha value is -1.15. The molecule has 0 saturated carbocycles. The van der Waals surface area contributed by atoms with Gasteiger partial charge in [0, 0.05) is 12.7 Å². The van der Waals surface area contributed by atoms with Crippen molar-refractivity contribution in [3.05, 3.63) is 0 Å². The molecule has 0 aliphatic heterocycles. The van der Waals surface area contributed by atoms with Gasteiger partial charge in [-0.3, -0.25) is 9.59 Å². The van der Waals surface area contributed by atoms with Gasteiger partial charge in [-0.2, -0.15) is 12.6 Å². The Morgan fingerprint density at radius 1 is 1.53 bits per heavy atom. The molecule has 4 nitrogen and oxygen atoms in total. The lowest BCUT2D eigenvalue weighted by molar-refractivity contribution is -0.128. The average Bonchev–Trinajstić information content (AvgIpc) is 2.13. The maximum atomic E-state index is 11.6. The minimum atomic E-state index is -0.725. The van der Waals surface area contributed by atoms with Gasteiger partial charge in [0.1, 0.15) is 6.04 Å². The van der Waals surface area contributed by atoms with Crippen LogP contribution in [-0.4, -0.2) is 29.1 Å². The summed E-state index contributed by atoms with van der Waals surface area (Å²) in [6.07, 6.45) is 5.23. The van der Waals surface area contributed by atoms with Crippen LogP contribution in [0.25, 0.3) is 0 Å². The highest BCUT2D eigenvalue weighted by molar-refractivity contribution is 7.80. The Labute approximate surface area is 95.6 Å². The summed E-state index contributed by atoms with van der Waals surface area (Å²) in [4.78, 5) is 22.4. The molecule has 0 radical (unpaired) electrons. The van der Waals surface area contributed by atoms with E-state index < -0.39 is 11.6 Å². The van der Waals surface area contributed by atoms with Crippen molar-refractivity contribution >= 4 is 24.4 Å². The molecule has 0 saturated heterocycles. The summed E-state index contributed by atoms with van der Waals surface area (Å²) in [5.41, 5.74) is -0.725. The lowest BCUT2D eigenvalue weighted by atomic mass is 10.1. The second kappa shape index (κ2) is 5.66. The summed E-state index contributed by atoms with van der Waals surface area (Å²) in [7, 11) is 0. The van der Waals surface area contributed by atoms with Gasteiger partial charge in [-0.15, -0.1) is 6.42 Å². The van der Waals surface area contributed by atoms with Crippen molar-refractivity contribution < 1.29 is 9.59 Å². The van der Waals surface area contributed by atoms with Crippen molar-refractivity contribution in [2.24, 2.45) is 0 Å². The van der Waals surface area contributed by atoms with Crippen LogP contribution in [0.2, 0.25) is 0 Å². The standard InChI is InChI=1S/C10H16N2O2S/c1-5-10(3,4)12-9(14)8(6-15)11-7(2)13/h1,8,15H,6H2,2-4H3,(H,11,13)(H,12,14). The number of amides is 2. The summed E-state index contributed by atoms with van der Waals surface area (Å²) >= 11 is 3.98. The minimum Gasteiger partial charge on any atom is -0.344 e. The zero-order valence-electron chi connectivity index (χ0n) is 9.13. The average molecular weight is 228 g/mol. The molecule has 0 aliphatic rings. The van der Waals surface area contributed by atoms with Crippen molar-refractivity contribution in [2.75, 3.05) is 5.75 Å². The molecule has 84 valence electrons. The number of rotatable bonds is 4. The molecular weight excluding hydrogens is 212 g/mol. The quantitative estimate of drug-likeness (QED) is 0.467. The van der Waals surface area contributed by atoms with Crippen LogP contribution < -0.4 is 10.6 Å². The largest absolute Gasteiger partial charge is 0.344 e. The molecule has 0 spiro atoms. The molecule has 0 fully saturated rings. The molecule has 0 heterocycles. The van der Waals surface area contributed by atoms with E-state index in [4.69, 9.17) is 6.42 Å². The van der Waals surface area contributed by atoms with Crippen molar-refractivity contribution in [2.45, 2.75) is 32.4 Å². The molecule has 1 unspecified atom stereocenters. The van der Waals surface area contributed by atoms with Gasteiger partial charge in [-0.05, 0) is 13.8 Å². The van der Waals surface area contributed by atoms with E-state index in [-0.39, 0.29) is 17.6 Å². The number of terminal acetylenes is 1. The molecule has 0 bridgehead atoms. The fourth-order valence-electron chi connectivity index (χ4n) is 0.871. The highest BCUT2D eigenvalue weighted by Gasteiger charge is 2.23. The van der Waals surface area contributed by atoms with Gasteiger partial charge in [-0.25, -0.2) is 0 Å². The maximum Gasteiger partial charge on any atom is 0.244 e. The summed E-state index contributed by atoms with van der Waals surface area (Å²) in [6.45, 7) is 4.75. The summed E-state index contributed by atoms with van der Waals surface area (Å²) in [5, 5.41) is 5.10. The van der Waals surface area contributed by atoms with Gasteiger partial charge >= 0.3 is 0 Å². The molecule has 0 aromatic rings. The second-order valence-corrected chi connectivity index (χ2v) is 4.06. The first kappa shape index (κ1) is 13.8. The first-order chi connectivity index (χ1) is 6.82. The summed E-state index contributed by atoms with van der Waals surface area (Å²) < 4.78 is 0. The van der Waals surface area contributed by atoms with Crippen LogP contribution in [-0.2, 0) is 9.59 Å². The van der Waals surface area contributed by atoms with E-state index in [0.717, 1.165) is 0 Å². The molecule has 1 atom stereocenters. The van der Waals surface area contributed by atoms with Gasteiger partial charge in [0.25, 0.3) is 0 Å². The van der Waals surface area contributed by atoms with Gasteiger partial charge in [-0.1, -0.05) is 5.92 Å². The summed E-state index contributed by atoms with van der Waals surface area (Å²) in [5.74, 6) is 2.06. The van der Waals surface area contributed by atoms with Crippen LogP contribution in [0.15, 0.2) is 0 Å². The number of carbonyl (C=O) groups is 2. The molecule has 2 N–H and O–H groups in total. The van der Waals surface area contributed by atoms with Crippen LogP contribution in [0.3, 0.4) is 0 Å². The third-order valence-electron chi connectivity index (χ3n) is 1.67. The number of carbonyl (C=O) groups excluding carboxylic acids is 2. The smallest absolute Gasteiger partial charge is 0.244 e. The minimum absolute atomic E-state index is 0.228. The Bertz CT molecular complexity index is 294. The summed E-state index contributed by atoms with van der Waals surface area (Å²) in [6, 6.07) is -0.654. The number of hydrogen-bond acceptors (Lipinski definition) is 3. The van der Waals surface area contributed by atoms with Crippen molar-refractivity contribution in [3.8, 4) is 12.3 Å². The fourth-order valence-corrected chi connectivity index (χ4v) is 1.13. The first-order valence-electron chi connectivity index (χ1n) is 4.50. The second-order valence-electron chi connectivity index (χ2n) is 3.69. The van der Waals surface area contributed by atoms with Crippen molar-refractivity contribution in [3.63, 3.8) is 0 Å². The van der Waals surface area contributed by atoms with Crippen molar-refractivity contribution in [1.29, 1.82) is 0 Å². The van der Waals surface area contributed by atoms with E-state index >= 15 is 0 Å². The Kier molecular flexibility index (Phi) is 5.23. The highest BCUT2D eigenvalue weighted by atomic mass is 32.1. The topological polar surface area (TPSA) is 58.2 Å². The lowest BCUT2D eigenvalue weighted by Gasteiger charge is -2.23. The van der Waals surface area contributed by atoms with Crippen molar-refractivity contribution in [1.82, 2.24) is 10.6 Å². The Balaban J connectivity index is 4.42. The predicted molar refractivity (Wildman–Crippen MR) is 62.5 cm³/mol. The van der Waals surface area contributed by atoms with E-state index in [1.807, 2.05) is 0 Å². The molecule has 5 heteroatoms. The van der Waals surface area contributed by atoms with Gasteiger partial charge in [0.2, 0.25) is 11.8 Å². The molecule has 0 aliphatic carbocycles. The van der Waals surface area contributed by atoms with Gasteiger partial charge < -0.3 is 10.6 Å². The maximum absolute atomic E-state index is 11.6. The highest BCUT2D eigenvalue weighted by Crippen LogP contribution is 2.00. The number of nitrogens with one attached hydrogen (secondary N) is 2. The third-order valence-corrected chi connectivity index (χ3v) is 2.04. The predicted octanol–water partition coefficient (Wildman–Crippen LogP) is -0.0511. The first-order valence-corrected chi connectivity index (χ1v) is 5.13. The molecule has 15 heavy (non-hydrogen) atoms. The monoisotopic (exact) mass is 228 g/mol. The van der Waals surface area contributed by atoms with Crippen LogP contribution in [0, 0.1) is 12.3 Å². The molecule has 0 aromatic heterocycles. The van der Waals surface area contributed by atoms with E-state index in [1.165, 1.54) is 6.92 Å². The Morgan fingerprint density at radius 3 is 2.40 bits per heavy atom. The van der Waals surface area contributed by atoms with Crippen LogP contribution >= 0.6 is 12.6 Å². The zero-order chi connectivity index (χ0) is 12.1. The lowest BCUT2D eigenvalue weighted by Crippen LogP contribution is -2.53. The Morgan fingerprint density at radius 2 is 2.07 bits per heavy atom. The SMILES string of the molecule is C#CC(C)(C)NC(=O)C(CS)NC(C)=O. The normalized spacial score (nSPS) is 12.5. The van der Waals surface area contributed by atoms with Crippen LogP contribution in [0.5, 0.6) is 0 Å². The van der Waals surface area contributed by atoms with Crippen LogP contribution in [0.4, 0.5) is 0 Å². The van der Waals surface area contributed by atoms with Gasteiger partial charge in [0.15, 0.2) is 0 Å². The zero-order valence-corrected chi connectivity index (χ0v) is 10.0. The molecule has 0 rings (SSSR count). The third kappa shape index (κ3) is 5.33. The number of hydrogen-bond donors (Lipinski definition) is 3. The van der Waals surface area contributed by atoms with Crippen LogP contribution in [0.1, 0.15) is 20.8 Å². The number of thiol groups is 1. The van der Waals surface area contributed by atoms with E-state index in [2.05, 4.69) is 29.2 Å². The van der Waals surface area contributed by atoms with E-state index in [0.29, 0.717) is 0 Å². The van der Waals surface area contributed by atoms with E-state index in [1.54, 1.807) is 13.8 Å². The fraction of sp³-hybridized carbons (Fsp3) is 0.600.